The third-order valence-electron chi connectivity index (χ3n) is 8.10. The lowest BCUT2D eigenvalue weighted by molar-refractivity contribution is -0.116. The number of hydrogen-bond donors (Lipinski definition) is 3. The van der Waals surface area contributed by atoms with Crippen molar-refractivity contribution in [1.29, 1.82) is 0 Å². The number of nitrogens with one attached hydrogen (secondary N) is 3. The molecule has 0 aliphatic carbocycles. The van der Waals surface area contributed by atoms with Gasteiger partial charge in [0.15, 0.2) is 0 Å². The van der Waals surface area contributed by atoms with Crippen LogP contribution in [0.25, 0.3) is 11.8 Å². The van der Waals surface area contributed by atoms with Crippen molar-refractivity contribution in [1.82, 2.24) is 14.7 Å². The van der Waals surface area contributed by atoms with Crippen LogP contribution < -0.4 is 31.0 Å². The van der Waals surface area contributed by atoms with Crippen LogP contribution in [0, 0.1) is 6.92 Å². The van der Waals surface area contributed by atoms with Crippen LogP contribution in [-0.2, 0) is 16.6 Å². The first-order valence-corrected chi connectivity index (χ1v) is 17.0. The van der Waals surface area contributed by atoms with Gasteiger partial charge in [0.25, 0.3) is 17.4 Å². The highest BCUT2D eigenvalue weighted by atomic mass is 32.2. The van der Waals surface area contributed by atoms with E-state index < -0.39 is 17.1 Å². The number of rotatable bonds is 13. The minimum atomic E-state index is -0.578. The van der Waals surface area contributed by atoms with E-state index in [2.05, 4.69) is 16.0 Å². The van der Waals surface area contributed by atoms with Crippen molar-refractivity contribution >= 4 is 46.9 Å². The van der Waals surface area contributed by atoms with Gasteiger partial charge in [-0.25, -0.2) is 4.68 Å². The number of amides is 3. The Bertz CT molecular complexity index is 2130. The first-order valence-electron chi connectivity index (χ1n) is 16.2. The van der Waals surface area contributed by atoms with Crippen molar-refractivity contribution in [2.75, 3.05) is 24.9 Å². The summed E-state index contributed by atoms with van der Waals surface area (Å²) in [5, 5.41) is 7.93. The molecule has 0 fully saturated rings. The van der Waals surface area contributed by atoms with Crippen LogP contribution in [0.15, 0.2) is 119 Å². The molecule has 4 aromatic carbocycles. The van der Waals surface area contributed by atoms with Crippen LogP contribution in [0.3, 0.4) is 0 Å². The van der Waals surface area contributed by atoms with E-state index in [1.54, 1.807) is 85.4 Å². The molecule has 3 N–H and O–H groups in total. The maximum atomic E-state index is 13.8. The molecule has 0 saturated carbocycles. The molecule has 0 bridgehead atoms. The average Bonchev–Trinajstić information content (AvgIpc) is 3.36. The molecular formula is C39H39N5O6S. The molecule has 12 heteroatoms. The molecule has 0 aliphatic rings. The molecule has 5 rings (SSSR count). The van der Waals surface area contributed by atoms with Gasteiger partial charge in [-0.05, 0) is 80.1 Å². The van der Waals surface area contributed by atoms with E-state index in [9.17, 15) is 19.2 Å². The summed E-state index contributed by atoms with van der Waals surface area (Å²) in [5.41, 5.74) is 2.51. The average molecular weight is 706 g/mol. The number of aromatic nitrogens is 2. The number of para-hydroxylation sites is 1. The van der Waals surface area contributed by atoms with Crippen LogP contribution >= 0.6 is 11.8 Å². The number of anilines is 2. The van der Waals surface area contributed by atoms with E-state index in [0.717, 1.165) is 4.90 Å². The van der Waals surface area contributed by atoms with Crippen molar-refractivity contribution in [3.8, 4) is 17.2 Å². The highest BCUT2D eigenvalue weighted by Gasteiger charge is 2.24. The fraction of sp³-hybridized carbons (Fsp3) is 0.179. The lowest BCUT2D eigenvalue weighted by Gasteiger charge is -2.16. The smallest absolute Gasteiger partial charge is 0.295 e. The Morgan fingerprint density at radius 2 is 1.57 bits per heavy atom. The van der Waals surface area contributed by atoms with Gasteiger partial charge in [-0.15, -0.1) is 11.8 Å². The molecule has 1 heterocycles. The Morgan fingerprint density at radius 3 is 2.24 bits per heavy atom. The van der Waals surface area contributed by atoms with Gasteiger partial charge in [0.05, 0.1) is 30.9 Å². The van der Waals surface area contributed by atoms with Crippen LogP contribution in [0.5, 0.6) is 11.5 Å². The first-order chi connectivity index (χ1) is 24.6. The van der Waals surface area contributed by atoms with Gasteiger partial charge in [-0.3, -0.25) is 23.9 Å². The standard InChI is InChI=1S/C39H39N5O6S/c1-6-34(38(47)42-35-25(2)43(3)44(39(35)48)29-17-11-8-12-18-29)51-31-19-13-16-28(24-31)40-37(46)32(41-36(45)26-14-9-7-10-15-26)23-27-22-30(49-4)20-21-33(27)50-5/h7-24,34H,6H2,1-5H3,(H,40,46)(H,41,45)(H,42,47)/b32-23+. The Balaban J connectivity index is 1.36. The number of methoxy groups -OCH3 is 2. The predicted octanol–water partition coefficient (Wildman–Crippen LogP) is 6.42. The summed E-state index contributed by atoms with van der Waals surface area (Å²) >= 11 is 1.31. The molecule has 1 atom stereocenters. The van der Waals surface area contributed by atoms with Crippen molar-refractivity contribution in [2.45, 2.75) is 30.4 Å². The van der Waals surface area contributed by atoms with Gasteiger partial charge >= 0.3 is 0 Å². The molecular weight excluding hydrogens is 667 g/mol. The minimum absolute atomic E-state index is 0.0290. The minimum Gasteiger partial charge on any atom is -0.497 e. The summed E-state index contributed by atoms with van der Waals surface area (Å²) in [6.45, 7) is 3.67. The summed E-state index contributed by atoms with van der Waals surface area (Å²) in [7, 11) is 4.81. The zero-order valence-electron chi connectivity index (χ0n) is 28.9. The van der Waals surface area contributed by atoms with E-state index in [-0.39, 0.29) is 22.9 Å². The molecule has 1 unspecified atom stereocenters. The zero-order chi connectivity index (χ0) is 36.5. The fourth-order valence-corrected chi connectivity index (χ4v) is 6.31. The van der Waals surface area contributed by atoms with E-state index in [4.69, 9.17) is 9.47 Å². The van der Waals surface area contributed by atoms with E-state index >= 15 is 0 Å². The number of nitrogens with zero attached hydrogens (tertiary/aromatic N) is 2. The van der Waals surface area contributed by atoms with Crippen LogP contribution in [0.2, 0.25) is 0 Å². The Morgan fingerprint density at radius 1 is 0.863 bits per heavy atom. The third-order valence-corrected chi connectivity index (χ3v) is 9.46. The number of thioether (sulfide) groups is 1. The Hall–Kier alpha value is -6.01. The van der Waals surface area contributed by atoms with Crippen molar-refractivity contribution in [2.24, 2.45) is 7.05 Å². The van der Waals surface area contributed by atoms with E-state index in [1.807, 2.05) is 43.3 Å². The van der Waals surface area contributed by atoms with Gasteiger partial charge in [0.1, 0.15) is 22.9 Å². The van der Waals surface area contributed by atoms with E-state index in [1.165, 1.54) is 36.7 Å². The molecule has 0 saturated heterocycles. The van der Waals surface area contributed by atoms with Crippen molar-refractivity contribution in [3.63, 3.8) is 0 Å². The summed E-state index contributed by atoms with van der Waals surface area (Å²) < 4.78 is 14.1. The second kappa shape index (κ2) is 16.6. The molecule has 262 valence electrons. The Labute approximate surface area is 300 Å². The lowest BCUT2D eigenvalue weighted by atomic mass is 10.1. The molecule has 5 aromatic rings. The molecule has 11 nitrogen and oxygen atoms in total. The predicted molar refractivity (Wildman–Crippen MR) is 201 cm³/mol. The first kappa shape index (κ1) is 36.3. The molecule has 0 aliphatic heterocycles. The fourth-order valence-electron chi connectivity index (χ4n) is 5.30. The summed E-state index contributed by atoms with van der Waals surface area (Å²) in [5.74, 6) is -0.347. The number of hydrogen-bond acceptors (Lipinski definition) is 7. The van der Waals surface area contributed by atoms with Gasteiger partial charge in [0, 0.05) is 28.8 Å². The number of carbonyl (C=O) groups is 3. The molecule has 3 amide bonds. The third kappa shape index (κ3) is 8.60. The zero-order valence-corrected chi connectivity index (χ0v) is 29.7. The van der Waals surface area contributed by atoms with Crippen molar-refractivity contribution in [3.05, 3.63) is 136 Å². The normalized spacial score (nSPS) is 11.7. The van der Waals surface area contributed by atoms with Gasteiger partial charge in [-0.2, -0.15) is 0 Å². The maximum Gasteiger partial charge on any atom is 0.295 e. The lowest BCUT2D eigenvalue weighted by Crippen LogP contribution is -2.30. The van der Waals surface area contributed by atoms with Gasteiger partial charge < -0.3 is 25.4 Å². The van der Waals surface area contributed by atoms with E-state index in [0.29, 0.717) is 46.1 Å². The number of carbonyl (C=O) groups excluding carboxylic acids is 3. The Kier molecular flexibility index (Phi) is 11.8. The molecule has 0 spiro atoms. The molecule has 1 aromatic heterocycles. The second-order valence-electron chi connectivity index (χ2n) is 11.4. The highest BCUT2D eigenvalue weighted by molar-refractivity contribution is 8.00. The highest BCUT2D eigenvalue weighted by Crippen LogP contribution is 2.30. The summed E-state index contributed by atoms with van der Waals surface area (Å²) in [4.78, 5) is 54.6. The monoisotopic (exact) mass is 705 g/mol. The van der Waals surface area contributed by atoms with Gasteiger partial charge in [0.2, 0.25) is 5.91 Å². The topological polar surface area (TPSA) is 133 Å². The quantitative estimate of drug-likeness (QED) is 0.0952. The van der Waals surface area contributed by atoms with Crippen LogP contribution in [0.4, 0.5) is 11.4 Å². The maximum absolute atomic E-state index is 13.8. The van der Waals surface area contributed by atoms with Crippen LogP contribution in [0.1, 0.15) is 35.0 Å². The molecule has 51 heavy (non-hydrogen) atoms. The summed E-state index contributed by atoms with van der Waals surface area (Å²) in [6, 6.07) is 30.0. The van der Waals surface area contributed by atoms with Crippen molar-refractivity contribution < 1.29 is 23.9 Å². The second-order valence-corrected chi connectivity index (χ2v) is 12.7. The molecule has 0 radical (unpaired) electrons. The van der Waals surface area contributed by atoms with Crippen LogP contribution in [-0.4, -0.2) is 46.6 Å². The number of ether oxygens (including phenoxy) is 2. The number of benzene rings is 4. The SMILES string of the molecule is CCC(Sc1cccc(NC(=O)/C(=C\c2cc(OC)ccc2OC)NC(=O)c2ccccc2)c1)C(=O)Nc1c(C)n(C)n(-c2ccccc2)c1=O. The van der Waals surface area contributed by atoms with Gasteiger partial charge in [-0.1, -0.05) is 49.4 Å². The summed E-state index contributed by atoms with van der Waals surface area (Å²) in [6.07, 6.45) is 2.00. The largest absolute Gasteiger partial charge is 0.497 e.